The van der Waals surface area contributed by atoms with Crippen LogP contribution in [0.15, 0.2) is 28.1 Å². The fourth-order valence-corrected chi connectivity index (χ4v) is 3.68. The Morgan fingerprint density at radius 1 is 1.33 bits per heavy atom. The van der Waals surface area contributed by atoms with Gasteiger partial charge in [0, 0.05) is 6.07 Å². The van der Waals surface area contributed by atoms with Crippen molar-refractivity contribution in [2.45, 2.75) is 38.1 Å². The first-order valence-corrected chi connectivity index (χ1v) is 8.60. The largest absolute Gasteiger partial charge is 0.502 e. The Balaban J connectivity index is 1.78. The molecule has 2 fully saturated rings. The molecule has 8 heteroatoms. The molecule has 2 aliphatic rings. The number of amidine groups is 1. The number of nitrogens with one attached hydrogen (secondary N) is 1. The van der Waals surface area contributed by atoms with E-state index in [1.54, 1.807) is 6.08 Å². The maximum atomic E-state index is 12.1. The zero-order chi connectivity index (χ0) is 17.1. The van der Waals surface area contributed by atoms with Crippen molar-refractivity contribution >= 4 is 34.6 Å². The number of nitro benzene ring substituents is 1. The van der Waals surface area contributed by atoms with Crippen LogP contribution in [-0.4, -0.2) is 27.1 Å². The van der Waals surface area contributed by atoms with E-state index >= 15 is 0 Å². The van der Waals surface area contributed by atoms with E-state index in [9.17, 15) is 20.0 Å². The van der Waals surface area contributed by atoms with Crippen LogP contribution in [0.2, 0.25) is 0 Å². The highest BCUT2D eigenvalue weighted by Gasteiger charge is 2.25. The lowest BCUT2D eigenvalue weighted by Crippen LogP contribution is -2.22. The normalized spacial score (nSPS) is 22.1. The molecule has 126 valence electrons. The lowest BCUT2D eigenvalue weighted by Gasteiger charge is -2.17. The summed E-state index contributed by atoms with van der Waals surface area (Å²) in [6, 6.07) is 4.28. The molecule has 24 heavy (non-hydrogen) atoms. The second kappa shape index (κ2) is 7.04. The van der Waals surface area contributed by atoms with Gasteiger partial charge in [0.25, 0.3) is 5.91 Å². The van der Waals surface area contributed by atoms with Gasteiger partial charge in [-0.2, -0.15) is 0 Å². The first-order chi connectivity index (χ1) is 11.5. The van der Waals surface area contributed by atoms with Crippen molar-refractivity contribution in [3.05, 3.63) is 38.8 Å². The van der Waals surface area contributed by atoms with E-state index in [-0.39, 0.29) is 17.6 Å². The molecule has 1 aliphatic heterocycles. The smallest absolute Gasteiger partial charge is 0.311 e. The van der Waals surface area contributed by atoms with Crippen LogP contribution in [0.25, 0.3) is 6.08 Å². The lowest BCUT2D eigenvalue weighted by molar-refractivity contribution is -0.385. The quantitative estimate of drug-likeness (QED) is 0.496. The van der Waals surface area contributed by atoms with E-state index in [4.69, 9.17) is 0 Å². The topological polar surface area (TPSA) is 105 Å². The van der Waals surface area contributed by atoms with E-state index < -0.39 is 10.7 Å². The molecule has 0 spiro atoms. The summed E-state index contributed by atoms with van der Waals surface area (Å²) < 4.78 is 0. The Hall–Kier alpha value is -2.35. The van der Waals surface area contributed by atoms with Gasteiger partial charge in [-0.1, -0.05) is 25.3 Å². The van der Waals surface area contributed by atoms with Gasteiger partial charge in [0.2, 0.25) is 0 Å². The van der Waals surface area contributed by atoms with Crippen molar-refractivity contribution in [2.75, 3.05) is 0 Å². The van der Waals surface area contributed by atoms with Crippen LogP contribution in [0, 0.1) is 10.1 Å². The highest BCUT2D eigenvalue weighted by molar-refractivity contribution is 8.18. The molecule has 1 aliphatic carbocycles. The molecule has 1 aromatic rings. The molecule has 0 atom stereocenters. The third-order valence-corrected chi connectivity index (χ3v) is 4.94. The average molecular weight is 347 g/mol. The fourth-order valence-electron chi connectivity index (χ4n) is 2.79. The van der Waals surface area contributed by atoms with E-state index in [0.29, 0.717) is 15.6 Å². The minimum atomic E-state index is -0.658. The van der Waals surface area contributed by atoms with E-state index in [1.807, 2.05) is 0 Å². The molecule has 0 aromatic heterocycles. The predicted octanol–water partition coefficient (Wildman–Crippen LogP) is 3.19. The first-order valence-electron chi connectivity index (χ1n) is 7.79. The number of phenols is 1. The second-order valence-electron chi connectivity index (χ2n) is 5.80. The molecule has 0 radical (unpaired) electrons. The second-order valence-corrected chi connectivity index (χ2v) is 6.83. The highest BCUT2D eigenvalue weighted by atomic mass is 32.2. The van der Waals surface area contributed by atoms with Gasteiger partial charge in [-0.25, -0.2) is 0 Å². The molecule has 1 saturated heterocycles. The molecular formula is C16H17N3O4S. The molecule has 1 saturated carbocycles. The molecule has 1 aromatic carbocycles. The minimum absolute atomic E-state index is 0.259. The third kappa shape index (κ3) is 3.76. The van der Waals surface area contributed by atoms with Crippen molar-refractivity contribution < 1.29 is 14.8 Å². The molecular weight excluding hydrogens is 330 g/mol. The highest BCUT2D eigenvalue weighted by Crippen LogP contribution is 2.31. The zero-order valence-electron chi connectivity index (χ0n) is 12.9. The number of hydrogen-bond acceptors (Lipinski definition) is 6. The van der Waals surface area contributed by atoms with Gasteiger partial charge in [0.15, 0.2) is 10.9 Å². The number of rotatable bonds is 3. The van der Waals surface area contributed by atoms with Crippen LogP contribution >= 0.6 is 11.8 Å². The first kappa shape index (κ1) is 16.5. The van der Waals surface area contributed by atoms with Crippen LogP contribution in [-0.2, 0) is 4.79 Å². The number of nitro groups is 1. The number of amides is 1. The number of carbonyl (C=O) groups excluding carboxylic acids is 1. The van der Waals surface area contributed by atoms with Gasteiger partial charge in [-0.15, -0.1) is 0 Å². The molecule has 3 rings (SSSR count). The number of aliphatic imine (C=N–C) groups is 1. The summed E-state index contributed by atoms with van der Waals surface area (Å²) in [5, 5.41) is 23.7. The van der Waals surface area contributed by atoms with Crippen molar-refractivity contribution in [3.8, 4) is 5.75 Å². The minimum Gasteiger partial charge on any atom is -0.502 e. The van der Waals surface area contributed by atoms with Gasteiger partial charge in [0.1, 0.15) is 0 Å². The number of thioether (sulfide) groups is 1. The van der Waals surface area contributed by atoms with Crippen LogP contribution in [0.3, 0.4) is 0 Å². The summed E-state index contributed by atoms with van der Waals surface area (Å²) >= 11 is 1.24. The summed E-state index contributed by atoms with van der Waals surface area (Å²) in [5.74, 6) is -0.657. The van der Waals surface area contributed by atoms with Crippen LogP contribution in [0.1, 0.15) is 37.7 Å². The average Bonchev–Trinajstić information content (AvgIpc) is 2.89. The molecule has 0 bridgehead atoms. The van der Waals surface area contributed by atoms with Crippen molar-refractivity contribution in [3.63, 3.8) is 0 Å². The van der Waals surface area contributed by atoms with Crippen molar-refractivity contribution in [1.29, 1.82) is 0 Å². The fraction of sp³-hybridized carbons (Fsp3) is 0.375. The Bertz CT molecular complexity index is 739. The zero-order valence-corrected chi connectivity index (χ0v) is 13.7. The standard InChI is InChI=1S/C16H17N3O4S/c20-13-7-6-10(8-12(13)19(22)23)9-14-15(21)18-16(24-14)17-11-4-2-1-3-5-11/h6-9,11,20H,1-5H2,(H,17,18,21). The molecule has 1 heterocycles. The lowest BCUT2D eigenvalue weighted by atomic mass is 9.96. The number of carbonyl (C=O) groups is 1. The number of phenolic OH excluding ortho intramolecular Hbond substituents is 1. The Kier molecular flexibility index (Phi) is 4.84. The van der Waals surface area contributed by atoms with Gasteiger partial charge >= 0.3 is 5.69 Å². The van der Waals surface area contributed by atoms with Crippen LogP contribution < -0.4 is 5.32 Å². The summed E-state index contributed by atoms with van der Waals surface area (Å²) in [6.45, 7) is 0. The number of benzene rings is 1. The third-order valence-electron chi connectivity index (χ3n) is 4.02. The SMILES string of the molecule is O=C1NC(=NC2CCCCC2)SC1=Cc1ccc(O)c([N+](=O)[O-])c1. The molecule has 1 amide bonds. The van der Waals surface area contributed by atoms with E-state index in [1.165, 1.54) is 49.2 Å². The molecule has 7 nitrogen and oxygen atoms in total. The summed E-state index contributed by atoms with van der Waals surface area (Å²) in [6.07, 6.45) is 7.23. The maximum Gasteiger partial charge on any atom is 0.311 e. The summed E-state index contributed by atoms with van der Waals surface area (Å²) in [4.78, 5) is 27.3. The van der Waals surface area contributed by atoms with Gasteiger partial charge in [-0.05, 0) is 42.3 Å². The van der Waals surface area contributed by atoms with Gasteiger partial charge in [-0.3, -0.25) is 19.9 Å². The number of hydrogen-bond donors (Lipinski definition) is 2. The monoisotopic (exact) mass is 347 g/mol. The summed E-state index contributed by atoms with van der Waals surface area (Å²) in [7, 11) is 0. The van der Waals surface area contributed by atoms with Crippen LogP contribution in [0.4, 0.5) is 5.69 Å². The summed E-state index contributed by atoms with van der Waals surface area (Å²) in [5.41, 5.74) is 0.0971. The van der Waals surface area contributed by atoms with E-state index in [0.717, 1.165) is 12.8 Å². The predicted molar refractivity (Wildman–Crippen MR) is 92.8 cm³/mol. The van der Waals surface area contributed by atoms with Gasteiger partial charge in [0.05, 0.1) is 15.9 Å². The Morgan fingerprint density at radius 2 is 2.08 bits per heavy atom. The molecule has 2 N–H and O–H groups in total. The molecule has 0 unspecified atom stereocenters. The Labute approximate surface area is 143 Å². The Morgan fingerprint density at radius 3 is 2.79 bits per heavy atom. The van der Waals surface area contributed by atoms with Gasteiger partial charge < -0.3 is 10.4 Å². The van der Waals surface area contributed by atoms with E-state index in [2.05, 4.69) is 10.3 Å². The van der Waals surface area contributed by atoms with Crippen LogP contribution in [0.5, 0.6) is 5.75 Å². The van der Waals surface area contributed by atoms with Crippen molar-refractivity contribution in [1.82, 2.24) is 5.32 Å². The van der Waals surface area contributed by atoms with Crippen molar-refractivity contribution in [2.24, 2.45) is 4.99 Å². The number of nitrogens with zero attached hydrogens (tertiary/aromatic N) is 2. The maximum absolute atomic E-state index is 12.1. The number of aromatic hydroxyl groups is 1.